The average Bonchev–Trinajstić information content (AvgIpc) is 2.83. The molecule has 28 nitrogen and oxygen atoms in total. The van der Waals surface area contributed by atoms with Crippen molar-refractivity contribution in [3.63, 3.8) is 0 Å². The van der Waals surface area contributed by atoms with Gasteiger partial charge in [-0.2, -0.15) is 10.2 Å². The molecule has 0 radical (unpaired) electrons. The Morgan fingerprint density at radius 2 is 1.49 bits per heavy atom. The van der Waals surface area contributed by atoms with E-state index in [4.69, 9.17) is 31.8 Å². The zero-order chi connectivity index (χ0) is 65.4. The Hall–Kier alpha value is -8.57. The molecule has 10 N–H and O–H groups in total. The first-order chi connectivity index (χ1) is 43.3. The maximum Gasteiger partial charge on any atom is 0.276 e. The molecular formula is C62H93N19O9. The number of benzene rings is 2. The van der Waals surface area contributed by atoms with Gasteiger partial charge in [0, 0.05) is 69.3 Å². The van der Waals surface area contributed by atoms with Crippen molar-refractivity contribution in [2.45, 2.75) is 138 Å². The number of fused-ring (bicyclic) bond motifs is 3. The Bertz CT molecular complexity index is 3370. The van der Waals surface area contributed by atoms with E-state index in [1.54, 1.807) is 57.4 Å². The maximum atomic E-state index is 13.6. The van der Waals surface area contributed by atoms with E-state index in [9.17, 15) is 28.8 Å². The standard InChI is InChI=1S/C45H60N16O6.C7H10N2O.C6H13NO2.C4H10/c1-6-61-33(20-27(2)55-61)43(65)52-45-51-31-21-29(40(46)63)23-34(66-5)38(31)60(45)14-8-7-13-59-39-32(50-44(59)49-4)22-30(41(47)64)24-35(39)67-19-9-12-56-15-10-28(11-16-56)42-54-53-36-26-57(17-18-58(36)42)37(62)25-48-3;1-3-9-7(5-10)4-6(2)8-9;7-9-6-4-2-1-3-5-8;1-4(2)3/h7-8,20-24,28,44,48-50H,6,9-19,25-26H2,1-5H3,(H2,46,63)(H2,47,64)(H,51,52,65);4-5H,3H2,1-2H3;5H,1-4,6-7H2;4H,1-3H3/b8-7+;;;. The molecule has 3 aliphatic rings. The monoisotopic (exact) mass is 1250 g/mol. The fourth-order valence-electron chi connectivity index (χ4n) is 10.7. The average molecular weight is 1250 g/mol. The van der Waals surface area contributed by atoms with E-state index in [0.29, 0.717) is 116 Å². The summed E-state index contributed by atoms with van der Waals surface area (Å²) in [5, 5.41) is 30.2. The second-order valence-electron chi connectivity index (χ2n) is 22.6. The molecule has 90 heavy (non-hydrogen) atoms. The fourth-order valence-corrected chi connectivity index (χ4v) is 10.7. The molecular weight excluding hydrogens is 1150 g/mol. The Balaban J connectivity index is 0.000000472. The number of aryl methyl sites for hydroxylation is 4. The third-order valence-corrected chi connectivity index (χ3v) is 15.0. The van der Waals surface area contributed by atoms with Crippen LogP contribution in [-0.4, -0.2) is 170 Å². The molecule has 4 aromatic heterocycles. The van der Waals surface area contributed by atoms with Crippen molar-refractivity contribution in [1.29, 1.82) is 0 Å². The third kappa shape index (κ3) is 19.0. The molecule has 28 heteroatoms. The van der Waals surface area contributed by atoms with Crippen LogP contribution in [0.5, 0.6) is 11.5 Å². The Labute approximate surface area is 526 Å². The number of rotatable bonds is 27. The van der Waals surface area contributed by atoms with Crippen molar-refractivity contribution in [3.8, 4) is 11.5 Å². The predicted molar refractivity (Wildman–Crippen MR) is 344 cm³/mol. The van der Waals surface area contributed by atoms with Gasteiger partial charge < -0.3 is 65.0 Å². The van der Waals surface area contributed by atoms with Crippen molar-refractivity contribution >= 4 is 64.6 Å². The molecule has 1 unspecified atom stereocenters. The van der Waals surface area contributed by atoms with E-state index in [1.807, 2.05) is 51.8 Å². The minimum Gasteiger partial charge on any atom is -0.494 e. The van der Waals surface area contributed by atoms with Crippen LogP contribution < -0.4 is 53.0 Å². The SMILES string of the molecule is CC(C)C.CCn1nc(C)cc1C(=O)Nc1nc2cc(C(N)=O)cc(OC)c2n1C/C=C/CN1c2c(cc(C(N)=O)cc2OCCCN2CCC(c3nnc4n3CCN(C(=O)CNC)C4)CC2)NC1NC.CCn1nc(C)cc1C=O.NOCCCCCC=O. The molecule has 2 aromatic carbocycles. The van der Waals surface area contributed by atoms with Crippen molar-refractivity contribution in [1.82, 2.24) is 64.3 Å². The molecule has 9 rings (SSSR count). The molecule has 490 valence electrons. The zero-order valence-electron chi connectivity index (χ0n) is 53.9. The number of carbonyl (C=O) groups is 6. The van der Waals surface area contributed by atoms with E-state index in [2.05, 4.69) is 81.6 Å². The van der Waals surface area contributed by atoms with Crippen molar-refractivity contribution < 1.29 is 43.1 Å². The molecule has 3 aliphatic heterocycles. The van der Waals surface area contributed by atoms with Gasteiger partial charge in [0.1, 0.15) is 46.2 Å². The molecule has 1 saturated heterocycles. The van der Waals surface area contributed by atoms with Gasteiger partial charge in [-0.3, -0.25) is 44.0 Å². The van der Waals surface area contributed by atoms with E-state index in [1.165, 1.54) is 7.11 Å². The van der Waals surface area contributed by atoms with E-state index in [-0.39, 0.29) is 30.3 Å². The summed E-state index contributed by atoms with van der Waals surface area (Å²) in [6, 6.07) is 10.0. The number of nitrogens with one attached hydrogen (secondary N) is 4. The first-order valence-corrected chi connectivity index (χ1v) is 30.8. The summed E-state index contributed by atoms with van der Waals surface area (Å²) in [5.41, 5.74) is 17.1. The minimum absolute atomic E-state index is 0.0689. The van der Waals surface area contributed by atoms with Crippen LogP contribution in [-0.2, 0) is 47.2 Å². The number of allylic oxidation sites excluding steroid dienone is 1. The highest BCUT2D eigenvalue weighted by molar-refractivity contribution is 6.04. The number of ether oxygens (including phenoxy) is 2. The Kier molecular flexibility index (Phi) is 27.4. The van der Waals surface area contributed by atoms with Gasteiger partial charge in [-0.1, -0.05) is 39.3 Å². The first-order valence-electron chi connectivity index (χ1n) is 30.8. The van der Waals surface area contributed by atoms with Gasteiger partial charge >= 0.3 is 0 Å². The van der Waals surface area contributed by atoms with Crippen LogP contribution in [0.15, 0.2) is 48.6 Å². The lowest BCUT2D eigenvalue weighted by atomic mass is 9.95. The van der Waals surface area contributed by atoms with E-state index >= 15 is 0 Å². The van der Waals surface area contributed by atoms with Crippen LogP contribution in [0.1, 0.15) is 150 Å². The van der Waals surface area contributed by atoms with Crippen LogP contribution in [0.4, 0.5) is 17.3 Å². The lowest BCUT2D eigenvalue weighted by Crippen LogP contribution is -2.45. The maximum absolute atomic E-state index is 13.6. The molecule has 6 aromatic rings. The summed E-state index contributed by atoms with van der Waals surface area (Å²) in [6.45, 7) is 21.9. The van der Waals surface area contributed by atoms with Gasteiger partial charge in [-0.05, 0) is 129 Å². The number of unbranched alkanes of at least 4 members (excludes halogenated alkanes) is 3. The van der Waals surface area contributed by atoms with Gasteiger partial charge in [0.05, 0.1) is 56.0 Å². The van der Waals surface area contributed by atoms with E-state index in [0.717, 1.165) is 106 Å². The van der Waals surface area contributed by atoms with E-state index < -0.39 is 17.7 Å². The van der Waals surface area contributed by atoms with Crippen molar-refractivity contribution in [2.24, 2.45) is 23.3 Å². The van der Waals surface area contributed by atoms with Crippen molar-refractivity contribution in [3.05, 3.63) is 94.1 Å². The van der Waals surface area contributed by atoms with Gasteiger partial charge in [0.15, 0.2) is 18.4 Å². The number of anilines is 3. The number of piperidine rings is 1. The summed E-state index contributed by atoms with van der Waals surface area (Å²) >= 11 is 0. The predicted octanol–water partition coefficient (Wildman–Crippen LogP) is 5.13. The zero-order valence-corrected chi connectivity index (χ0v) is 53.9. The van der Waals surface area contributed by atoms with Gasteiger partial charge in [-0.15, -0.1) is 10.2 Å². The molecule has 0 aliphatic carbocycles. The quantitative estimate of drug-likeness (QED) is 0.0152. The lowest BCUT2D eigenvalue weighted by molar-refractivity contribution is -0.131. The number of aromatic nitrogens is 9. The summed E-state index contributed by atoms with van der Waals surface area (Å²) in [7, 11) is 5.10. The molecule has 1 fully saturated rings. The topological polar surface area (TPSA) is 350 Å². The van der Waals surface area contributed by atoms with Gasteiger partial charge in [-0.25, -0.2) is 10.9 Å². The second kappa shape index (κ2) is 35.0. The van der Waals surface area contributed by atoms with Crippen LogP contribution in [0.25, 0.3) is 11.0 Å². The Morgan fingerprint density at radius 1 is 0.811 bits per heavy atom. The summed E-state index contributed by atoms with van der Waals surface area (Å²) in [4.78, 5) is 86.3. The minimum atomic E-state index is -0.638. The van der Waals surface area contributed by atoms with Crippen LogP contribution in [0, 0.1) is 19.8 Å². The highest BCUT2D eigenvalue weighted by Gasteiger charge is 2.33. The highest BCUT2D eigenvalue weighted by atomic mass is 16.6. The summed E-state index contributed by atoms with van der Waals surface area (Å²) in [6.07, 6.45) is 11.6. The van der Waals surface area contributed by atoms with Crippen molar-refractivity contribution in [2.75, 3.05) is 89.2 Å². The molecule has 7 heterocycles. The normalized spacial score (nSPS) is 14.6. The number of primary amides is 2. The number of hydrogen-bond acceptors (Lipinski definition) is 20. The number of hydrogen-bond donors (Lipinski definition) is 7. The molecule has 0 bridgehead atoms. The molecule has 1 atom stereocenters. The summed E-state index contributed by atoms with van der Waals surface area (Å²) in [5.74, 6) is 7.41. The number of nitrogens with zero attached hydrogens (tertiary/aromatic N) is 12. The Morgan fingerprint density at radius 3 is 2.12 bits per heavy atom. The lowest BCUT2D eigenvalue weighted by Gasteiger charge is -2.33. The highest BCUT2D eigenvalue weighted by Crippen LogP contribution is 2.43. The molecule has 0 saturated carbocycles. The molecule has 0 spiro atoms. The fraction of sp³-hybridized carbons (Fsp3) is 0.532. The number of nitrogens with two attached hydrogens (primary N) is 3. The van der Waals surface area contributed by atoms with Crippen LogP contribution >= 0.6 is 0 Å². The number of aldehydes is 2. The number of likely N-dealkylation sites (N-methyl/N-ethyl adjacent to an activating group) is 1. The number of amides is 4. The third-order valence-electron chi connectivity index (χ3n) is 15.0. The first kappa shape index (κ1) is 70.5. The molecule has 4 amide bonds. The summed E-state index contributed by atoms with van der Waals surface area (Å²) < 4.78 is 19.5. The number of carbonyl (C=O) groups excluding carboxylic acids is 6. The van der Waals surface area contributed by atoms with Crippen LogP contribution in [0.3, 0.4) is 0 Å². The number of methoxy groups -OCH3 is 1. The second-order valence-corrected chi connectivity index (χ2v) is 22.6. The number of imidazole rings is 1. The smallest absolute Gasteiger partial charge is 0.276 e. The number of likely N-dealkylation sites (tertiary alicyclic amines) is 1. The van der Waals surface area contributed by atoms with Gasteiger partial charge in [0.25, 0.3) is 5.91 Å². The largest absolute Gasteiger partial charge is 0.494 e. The van der Waals surface area contributed by atoms with Crippen LogP contribution in [0.2, 0.25) is 0 Å². The van der Waals surface area contributed by atoms with Gasteiger partial charge in [0.2, 0.25) is 23.7 Å².